The number of carbonyl (C=O) groups excluding carboxylic acids is 1. The molecule has 0 amide bonds. The fraction of sp³-hybridized carbons (Fsp3) is 0. The molecular formula is C13H6Br2F2O2. The van der Waals surface area contributed by atoms with Gasteiger partial charge in [-0.25, -0.2) is 4.39 Å². The van der Waals surface area contributed by atoms with Crippen LogP contribution in [0, 0.1) is 11.6 Å². The average molecular weight is 392 g/mol. The molecule has 0 heterocycles. The number of hydrogen-bond acceptors (Lipinski definition) is 2. The second-order valence-corrected chi connectivity index (χ2v) is 5.43. The van der Waals surface area contributed by atoms with Crippen molar-refractivity contribution in [1.82, 2.24) is 0 Å². The zero-order valence-corrected chi connectivity index (χ0v) is 12.5. The van der Waals surface area contributed by atoms with Crippen molar-refractivity contribution >= 4 is 38.1 Å². The summed E-state index contributed by atoms with van der Waals surface area (Å²) in [4.78, 5) is 10.9. The van der Waals surface area contributed by atoms with Gasteiger partial charge in [0.2, 0.25) is 5.82 Å². The lowest BCUT2D eigenvalue weighted by atomic mass is 10.2. The molecule has 6 heteroatoms. The predicted molar refractivity (Wildman–Crippen MR) is 73.7 cm³/mol. The second-order valence-electron chi connectivity index (χ2n) is 3.60. The molecule has 2 nitrogen and oxygen atoms in total. The monoisotopic (exact) mass is 390 g/mol. The predicted octanol–water partition coefficient (Wildman–Crippen LogP) is 5.09. The van der Waals surface area contributed by atoms with Crippen molar-refractivity contribution in [3.63, 3.8) is 0 Å². The molecule has 0 fully saturated rings. The number of benzene rings is 2. The van der Waals surface area contributed by atoms with E-state index in [1.165, 1.54) is 18.2 Å². The van der Waals surface area contributed by atoms with Gasteiger partial charge in [0.1, 0.15) is 5.75 Å². The zero-order valence-electron chi connectivity index (χ0n) is 9.29. The topological polar surface area (TPSA) is 26.3 Å². The molecule has 0 radical (unpaired) electrons. The minimum absolute atomic E-state index is 0.148. The van der Waals surface area contributed by atoms with Gasteiger partial charge in [0.05, 0.1) is 5.56 Å². The summed E-state index contributed by atoms with van der Waals surface area (Å²) >= 11 is 6.25. The lowest BCUT2D eigenvalue weighted by Gasteiger charge is -2.10. The molecule has 0 spiro atoms. The first-order valence-electron chi connectivity index (χ1n) is 5.08. The summed E-state index contributed by atoms with van der Waals surface area (Å²) in [5, 5.41) is 0. The highest BCUT2D eigenvalue weighted by Gasteiger charge is 2.14. The highest BCUT2D eigenvalue weighted by molar-refractivity contribution is 9.10. The van der Waals surface area contributed by atoms with Crippen LogP contribution >= 0.6 is 31.9 Å². The Morgan fingerprint density at radius 2 is 1.74 bits per heavy atom. The average Bonchev–Trinajstić information content (AvgIpc) is 2.37. The van der Waals surface area contributed by atoms with Crippen LogP contribution < -0.4 is 4.74 Å². The first-order valence-corrected chi connectivity index (χ1v) is 6.67. The van der Waals surface area contributed by atoms with Crippen LogP contribution in [-0.2, 0) is 0 Å². The van der Waals surface area contributed by atoms with Gasteiger partial charge >= 0.3 is 0 Å². The number of ether oxygens (including phenoxy) is 1. The molecule has 0 saturated carbocycles. The van der Waals surface area contributed by atoms with E-state index in [1.807, 2.05) is 0 Å². The summed E-state index contributed by atoms with van der Waals surface area (Å²) < 4.78 is 33.1. The van der Waals surface area contributed by atoms with E-state index in [0.29, 0.717) is 15.2 Å². The summed E-state index contributed by atoms with van der Waals surface area (Å²) in [5.74, 6) is -2.29. The molecule has 0 aliphatic rings. The van der Waals surface area contributed by atoms with Gasteiger partial charge in [0.15, 0.2) is 17.9 Å². The van der Waals surface area contributed by atoms with E-state index >= 15 is 0 Å². The summed E-state index contributed by atoms with van der Waals surface area (Å²) in [6, 6.07) is 6.93. The molecule has 0 saturated heterocycles. The Morgan fingerprint density at radius 1 is 1.00 bits per heavy atom. The van der Waals surface area contributed by atoms with Gasteiger partial charge in [-0.2, -0.15) is 4.39 Å². The van der Waals surface area contributed by atoms with Crippen molar-refractivity contribution in [2.75, 3.05) is 0 Å². The van der Waals surface area contributed by atoms with E-state index in [-0.39, 0.29) is 17.1 Å². The summed E-state index contributed by atoms with van der Waals surface area (Å²) in [6.07, 6.45) is 0.576. The Kier molecular flexibility index (Phi) is 4.31. The third-order valence-electron chi connectivity index (χ3n) is 2.28. The number of aldehydes is 1. The first kappa shape index (κ1) is 14.1. The van der Waals surface area contributed by atoms with E-state index in [1.54, 1.807) is 6.07 Å². The van der Waals surface area contributed by atoms with E-state index in [2.05, 4.69) is 31.9 Å². The quantitative estimate of drug-likeness (QED) is 0.537. The Balaban J connectivity index is 2.44. The van der Waals surface area contributed by atoms with Crippen LogP contribution in [0.2, 0.25) is 0 Å². The van der Waals surface area contributed by atoms with Crippen molar-refractivity contribution in [1.29, 1.82) is 0 Å². The number of carbonyl (C=O) groups is 1. The van der Waals surface area contributed by atoms with Gasteiger partial charge in [0, 0.05) is 8.95 Å². The number of halogens is 4. The molecule has 0 unspecified atom stereocenters. The molecule has 19 heavy (non-hydrogen) atoms. The normalized spacial score (nSPS) is 10.3. The molecule has 98 valence electrons. The van der Waals surface area contributed by atoms with E-state index in [0.717, 1.165) is 6.07 Å². The van der Waals surface area contributed by atoms with Crippen molar-refractivity contribution in [2.24, 2.45) is 0 Å². The Bertz CT molecular complexity index is 645. The van der Waals surface area contributed by atoms with Crippen LogP contribution in [0.3, 0.4) is 0 Å². The van der Waals surface area contributed by atoms with Gasteiger partial charge in [-0.05, 0) is 30.3 Å². The fourth-order valence-electron chi connectivity index (χ4n) is 1.43. The van der Waals surface area contributed by atoms with Gasteiger partial charge in [0.25, 0.3) is 0 Å². The van der Waals surface area contributed by atoms with Gasteiger partial charge < -0.3 is 4.74 Å². The van der Waals surface area contributed by atoms with E-state index in [4.69, 9.17) is 4.74 Å². The van der Waals surface area contributed by atoms with Crippen LogP contribution in [0.15, 0.2) is 39.3 Å². The van der Waals surface area contributed by atoms with Crippen LogP contribution in [0.25, 0.3) is 0 Å². The van der Waals surface area contributed by atoms with Gasteiger partial charge in [-0.15, -0.1) is 0 Å². The van der Waals surface area contributed by atoms with Crippen LogP contribution in [0.4, 0.5) is 8.78 Å². The lowest BCUT2D eigenvalue weighted by Crippen LogP contribution is -1.95. The molecule has 0 N–H and O–H groups in total. The largest absolute Gasteiger partial charge is 0.453 e. The highest BCUT2D eigenvalue weighted by Crippen LogP contribution is 2.32. The zero-order chi connectivity index (χ0) is 14.0. The van der Waals surface area contributed by atoms with Gasteiger partial charge in [-0.1, -0.05) is 31.9 Å². The summed E-state index contributed by atoms with van der Waals surface area (Å²) in [6.45, 7) is 0. The molecule has 0 aliphatic carbocycles. The maximum Gasteiger partial charge on any atom is 0.201 e. The fourth-order valence-corrected chi connectivity index (χ4v) is 2.22. The van der Waals surface area contributed by atoms with Crippen LogP contribution in [-0.4, -0.2) is 6.29 Å². The van der Waals surface area contributed by atoms with Crippen LogP contribution in [0.5, 0.6) is 11.5 Å². The van der Waals surface area contributed by atoms with Crippen LogP contribution in [0.1, 0.15) is 10.4 Å². The van der Waals surface area contributed by atoms with E-state index in [9.17, 15) is 13.6 Å². The molecule has 0 atom stereocenters. The maximum absolute atomic E-state index is 13.6. The highest BCUT2D eigenvalue weighted by atomic mass is 79.9. The second kappa shape index (κ2) is 5.79. The minimum atomic E-state index is -1.11. The van der Waals surface area contributed by atoms with Crippen molar-refractivity contribution in [2.45, 2.75) is 0 Å². The third-order valence-corrected chi connectivity index (χ3v) is 3.23. The third kappa shape index (κ3) is 3.19. The minimum Gasteiger partial charge on any atom is -0.453 e. The van der Waals surface area contributed by atoms with Crippen molar-refractivity contribution in [3.8, 4) is 11.5 Å². The number of rotatable bonds is 3. The SMILES string of the molecule is O=Cc1cc(Br)ccc1Oc1cc(Br)cc(F)c1F. The van der Waals surface area contributed by atoms with E-state index < -0.39 is 11.6 Å². The Morgan fingerprint density at radius 3 is 2.42 bits per heavy atom. The van der Waals surface area contributed by atoms with Crippen molar-refractivity contribution in [3.05, 3.63) is 56.5 Å². The molecule has 2 aromatic carbocycles. The Labute approximate surface area is 124 Å². The van der Waals surface area contributed by atoms with Gasteiger partial charge in [-0.3, -0.25) is 4.79 Å². The summed E-state index contributed by atoms with van der Waals surface area (Å²) in [7, 11) is 0. The first-order chi connectivity index (χ1) is 9.01. The molecule has 0 aliphatic heterocycles. The van der Waals surface area contributed by atoms with Crippen molar-refractivity contribution < 1.29 is 18.3 Å². The molecule has 0 bridgehead atoms. The molecular weight excluding hydrogens is 386 g/mol. The molecule has 2 rings (SSSR count). The maximum atomic E-state index is 13.6. The number of hydrogen-bond donors (Lipinski definition) is 0. The lowest BCUT2D eigenvalue weighted by molar-refractivity contribution is 0.112. The molecule has 0 aromatic heterocycles. The Hall–Kier alpha value is -1.27. The summed E-state index contributed by atoms with van der Waals surface area (Å²) in [5.41, 5.74) is 0.231. The smallest absolute Gasteiger partial charge is 0.201 e. The standard InChI is InChI=1S/C13H6Br2F2O2/c14-8-1-2-11(7(3-8)6-18)19-12-5-9(15)4-10(16)13(12)17/h1-6H. The molecule has 2 aromatic rings.